The van der Waals surface area contributed by atoms with Gasteiger partial charge in [0.05, 0.1) is 38.1 Å². The van der Waals surface area contributed by atoms with Gasteiger partial charge in [0.1, 0.15) is 24.9 Å². The highest BCUT2D eigenvalue weighted by Crippen LogP contribution is 2.27. The predicted molar refractivity (Wildman–Crippen MR) is 93.4 cm³/mol. The highest BCUT2D eigenvalue weighted by atomic mass is 32.1. The molecule has 0 spiro atoms. The van der Waals surface area contributed by atoms with Crippen LogP contribution in [0.2, 0.25) is 0 Å². The molecule has 10 heteroatoms. The van der Waals surface area contributed by atoms with E-state index in [0.29, 0.717) is 31.1 Å². The van der Waals surface area contributed by atoms with Gasteiger partial charge in [0, 0.05) is 0 Å². The molecule has 3 rings (SSSR count). The minimum absolute atomic E-state index is 0.220. The number of hydrogen-bond acceptors (Lipinski definition) is 7. The van der Waals surface area contributed by atoms with Crippen molar-refractivity contribution in [3.8, 4) is 0 Å². The maximum absolute atomic E-state index is 14.4. The van der Waals surface area contributed by atoms with Gasteiger partial charge < -0.3 is 24.5 Å². The summed E-state index contributed by atoms with van der Waals surface area (Å²) in [7, 11) is 1.45. The Hall–Kier alpha value is -2.62. The van der Waals surface area contributed by atoms with E-state index < -0.39 is 18.0 Å². The van der Waals surface area contributed by atoms with E-state index in [0.717, 1.165) is 0 Å². The van der Waals surface area contributed by atoms with E-state index in [1.54, 1.807) is 17.0 Å². The number of carbonyl (C=O) groups is 1. The Balaban J connectivity index is 1.68. The first-order valence-corrected chi connectivity index (χ1v) is 8.01. The number of nitrogens with one attached hydrogen (secondary N) is 1. The standard InChI is InChI=1S/C15H17FN4O4S/c1-22-14(25)17-7-11-8-20(15(21)24-11)10-2-3-13(12(16)6-10)19-4-5-23-18-9-19/h2-3,6,9,11H,4-5,7-8H2,1H3,(H,17,25). The number of methoxy groups -OCH3 is 1. The van der Waals surface area contributed by atoms with E-state index in [1.165, 1.54) is 24.4 Å². The summed E-state index contributed by atoms with van der Waals surface area (Å²) in [5.41, 5.74) is 0.792. The van der Waals surface area contributed by atoms with Crippen molar-refractivity contribution in [3.05, 3.63) is 24.0 Å². The van der Waals surface area contributed by atoms with Crippen molar-refractivity contribution >= 4 is 41.2 Å². The molecule has 1 N–H and O–H groups in total. The molecule has 1 aromatic rings. The van der Waals surface area contributed by atoms with Crippen molar-refractivity contribution in [2.24, 2.45) is 5.16 Å². The summed E-state index contributed by atoms with van der Waals surface area (Å²) in [6.07, 6.45) is 0.483. The van der Waals surface area contributed by atoms with Crippen LogP contribution >= 0.6 is 12.2 Å². The SMILES string of the molecule is COC(=S)NCC1CN(c2ccc(N3C=NOCC3)c(F)c2)C(=O)O1. The van der Waals surface area contributed by atoms with Crippen LogP contribution in [-0.4, -0.2) is 57.1 Å². The van der Waals surface area contributed by atoms with Gasteiger partial charge in [0.15, 0.2) is 0 Å². The molecule has 1 unspecified atom stereocenters. The van der Waals surface area contributed by atoms with Gasteiger partial charge in [-0.15, -0.1) is 0 Å². The van der Waals surface area contributed by atoms with Gasteiger partial charge in [-0.3, -0.25) is 4.90 Å². The van der Waals surface area contributed by atoms with Gasteiger partial charge in [-0.1, -0.05) is 5.16 Å². The van der Waals surface area contributed by atoms with Crippen LogP contribution in [0.25, 0.3) is 0 Å². The number of hydrogen-bond donors (Lipinski definition) is 1. The van der Waals surface area contributed by atoms with E-state index in [4.69, 9.17) is 26.5 Å². The molecule has 0 aromatic heterocycles. The molecule has 134 valence electrons. The molecule has 8 nitrogen and oxygen atoms in total. The lowest BCUT2D eigenvalue weighted by Gasteiger charge is -2.23. The number of cyclic esters (lactones) is 1. The maximum atomic E-state index is 14.4. The van der Waals surface area contributed by atoms with Crippen molar-refractivity contribution in [2.75, 3.05) is 43.2 Å². The average Bonchev–Trinajstić information content (AvgIpc) is 3.01. The summed E-state index contributed by atoms with van der Waals surface area (Å²) in [6, 6.07) is 4.56. The Labute approximate surface area is 149 Å². The fraction of sp³-hybridized carbons (Fsp3) is 0.400. The quantitative estimate of drug-likeness (QED) is 0.806. The predicted octanol–water partition coefficient (Wildman–Crippen LogP) is 1.45. The van der Waals surface area contributed by atoms with Crippen LogP contribution in [-0.2, 0) is 14.3 Å². The van der Waals surface area contributed by atoms with Crippen LogP contribution in [0.1, 0.15) is 0 Å². The summed E-state index contributed by atoms with van der Waals surface area (Å²) in [5.74, 6) is -0.458. The molecule has 1 fully saturated rings. The van der Waals surface area contributed by atoms with Crippen LogP contribution < -0.4 is 15.1 Å². The van der Waals surface area contributed by atoms with E-state index in [-0.39, 0.29) is 11.7 Å². The number of anilines is 2. The first kappa shape index (κ1) is 17.2. The van der Waals surface area contributed by atoms with Crippen LogP contribution in [0.3, 0.4) is 0 Å². The number of ether oxygens (including phenoxy) is 2. The normalized spacial score (nSPS) is 19.4. The van der Waals surface area contributed by atoms with E-state index in [2.05, 4.69) is 10.5 Å². The number of rotatable bonds is 4. The van der Waals surface area contributed by atoms with Crippen molar-refractivity contribution in [1.82, 2.24) is 5.32 Å². The zero-order chi connectivity index (χ0) is 17.8. The van der Waals surface area contributed by atoms with Crippen LogP contribution in [0, 0.1) is 5.82 Å². The lowest BCUT2D eigenvalue weighted by Crippen LogP contribution is -2.34. The zero-order valence-corrected chi connectivity index (χ0v) is 14.3. The average molecular weight is 368 g/mol. The molecular formula is C15H17FN4O4S. The molecule has 25 heavy (non-hydrogen) atoms. The van der Waals surface area contributed by atoms with Gasteiger partial charge in [0.2, 0.25) is 0 Å². The molecule has 2 heterocycles. The summed E-state index contributed by atoms with van der Waals surface area (Å²) in [6.45, 7) is 1.49. The topological polar surface area (TPSA) is 75.6 Å². The number of nitrogens with zero attached hydrogens (tertiary/aromatic N) is 3. The summed E-state index contributed by atoms with van der Waals surface area (Å²) in [4.78, 5) is 19.9. The molecular weight excluding hydrogens is 351 g/mol. The molecule has 1 aromatic carbocycles. The number of amides is 1. The van der Waals surface area contributed by atoms with Gasteiger partial charge in [-0.05, 0) is 30.4 Å². The minimum Gasteiger partial charge on any atom is -0.474 e. The van der Waals surface area contributed by atoms with Gasteiger partial charge in [-0.25, -0.2) is 9.18 Å². The highest BCUT2D eigenvalue weighted by Gasteiger charge is 2.33. The van der Waals surface area contributed by atoms with Crippen LogP contribution in [0.15, 0.2) is 23.4 Å². The first-order valence-electron chi connectivity index (χ1n) is 7.60. The van der Waals surface area contributed by atoms with Crippen molar-refractivity contribution < 1.29 is 23.5 Å². The second kappa shape index (κ2) is 7.51. The monoisotopic (exact) mass is 368 g/mol. The molecule has 1 saturated heterocycles. The molecule has 1 amide bonds. The zero-order valence-electron chi connectivity index (χ0n) is 13.5. The molecule has 2 aliphatic rings. The molecule has 0 radical (unpaired) electrons. The second-order valence-corrected chi connectivity index (χ2v) is 5.74. The fourth-order valence-electron chi connectivity index (χ4n) is 2.53. The Morgan fingerprint density at radius 1 is 1.56 bits per heavy atom. The van der Waals surface area contributed by atoms with E-state index >= 15 is 0 Å². The lowest BCUT2D eigenvalue weighted by atomic mass is 10.2. The van der Waals surface area contributed by atoms with Gasteiger partial charge in [-0.2, -0.15) is 0 Å². The van der Waals surface area contributed by atoms with E-state index in [9.17, 15) is 9.18 Å². The fourth-order valence-corrected chi connectivity index (χ4v) is 2.61. The summed E-state index contributed by atoms with van der Waals surface area (Å²) >= 11 is 4.87. The van der Waals surface area contributed by atoms with Crippen LogP contribution in [0.5, 0.6) is 0 Å². The Bertz CT molecular complexity index is 702. The first-order chi connectivity index (χ1) is 12.1. The second-order valence-electron chi connectivity index (χ2n) is 5.37. The number of thiocarbonyl (C=S) groups is 1. The Morgan fingerprint density at radius 2 is 2.40 bits per heavy atom. The summed E-state index contributed by atoms with van der Waals surface area (Å²) < 4.78 is 24.5. The largest absolute Gasteiger partial charge is 0.474 e. The number of oxime groups is 1. The van der Waals surface area contributed by atoms with Crippen LogP contribution in [0.4, 0.5) is 20.6 Å². The Kier molecular flexibility index (Phi) is 5.17. The molecule has 0 bridgehead atoms. The lowest BCUT2D eigenvalue weighted by molar-refractivity contribution is 0.142. The Morgan fingerprint density at radius 3 is 3.08 bits per heavy atom. The van der Waals surface area contributed by atoms with Gasteiger partial charge in [0.25, 0.3) is 5.17 Å². The third kappa shape index (κ3) is 3.90. The van der Waals surface area contributed by atoms with Gasteiger partial charge >= 0.3 is 6.09 Å². The summed E-state index contributed by atoms with van der Waals surface area (Å²) in [5, 5.41) is 6.71. The maximum Gasteiger partial charge on any atom is 0.414 e. The highest BCUT2D eigenvalue weighted by molar-refractivity contribution is 7.80. The van der Waals surface area contributed by atoms with Crippen molar-refractivity contribution in [2.45, 2.75) is 6.10 Å². The molecule has 2 aliphatic heterocycles. The van der Waals surface area contributed by atoms with Crippen molar-refractivity contribution in [3.63, 3.8) is 0 Å². The number of benzene rings is 1. The minimum atomic E-state index is -0.532. The third-order valence-electron chi connectivity index (χ3n) is 3.77. The smallest absolute Gasteiger partial charge is 0.414 e. The molecule has 0 aliphatic carbocycles. The van der Waals surface area contributed by atoms with Crippen molar-refractivity contribution in [1.29, 1.82) is 0 Å². The number of halogens is 1. The third-order valence-corrected chi connectivity index (χ3v) is 4.08. The van der Waals surface area contributed by atoms with E-state index in [1.807, 2.05) is 0 Å². The molecule has 0 saturated carbocycles. The molecule has 1 atom stereocenters. The number of carbonyl (C=O) groups excluding carboxylic acids is 1.